The number of amides is 3. The van der Waals surface area contributed by atoms with E-state index in [1.165, 1.54) is 26.3 Å². The molecule has 1 aromatic rings. The lowest BCUT2D eigenvalue weighted by Crippen LogP contribution is -2.53. The van der Waals surface area contributed by atoms with Crippen molar-refractivity contribution in [3.8, 4) is 0 Å². The van der Waals surface area contributed by atoms with Gasteiger partial charge >= 0.3 is 0 Å². The monoisotopic (exact) mass is 327 g/mol. The maximum Gasteiger partial charge on any atom is 0.261 e. The van der Waals surface area contributed by atoms with E-state index in [4.69, 9.17) is 0 Å². The molecule has 0 N–H and O–H groups in total. The quantitative estimate of drug-likeness (QED) is 0.767. The zero-order chi connectivity index (χ0) is 16.8. The molecule has 1 saturated carbocycles. The van der Waals surface area contributed by atoms with E-state index in [1.54, 1.807) is 18.2 Å². The molecule has 0 unspecified atom stereocenters. The van der Waals surface area contributed by atoms with Crippen LogP contribution in [0.25, 0.3) is 0 Å². The zero-order valence-electron chi connectivity index (χ0n) is 13.8. The molecule has 0 bridgehead atoms. The number of carbonyl (C=O) groups excluding carboxylic acids is 3. The average molecular weight is 327 g/mol. The van der Waals surface area contributed by atoms with Crippen LogP contribution in [0.2, 0.25) is 0 Å². The van der Waals surface area contributed by atoms with Gasteiger partial charge < -0.3 is 4.90 Å². The Bertz CT molecular complexity index is 718. The number of rotatable bonds is 2. The number of hydrogen-bond acceptors (Lipinski definition) is 4. The predicted octanol–water partition coefficient (Wildman–Crippen LogP) is 1.22. The minimum absolute atomic E-state index is 0.0548. The van der Waals surface area contributed by atoms with Gasteiger partial charge in [-0.1, -0.05) is 6.42 Å². The number of nitrogens with zero attached hydrogens (tertiary/aromatic N) is 3. The van der Waals surface area contributed by atoms with Gasteiger partial charge in [-0.2, -0.15) is 0 Å². The minimum Gasteiger partial charge on any atom is -0.336 e. The summed E-state index contributed by atoms with van der Waals surface area (Å²) < 4.78 is 0. The Hall–Kier alpha value is -2.21. The number of hydrogen-bond donors (Lipinski definition) is 0. The fourth-order valence-corrected chi connectivity index (χ4v) is 3.72. The molecule has 24 heavy (non-hydrogen) atoms. The van der Waals surface area contributed by atoms with Crippen LogP contribution < -0.4 is 0 Å². The molecule has 6 nitrogen and oxygen atoms in total. The lowest BCUT2D eigenvalue weighted by Gasteiger charge is -2.42. The Morgan fingerprint density at radius 1 is 1.00 bits per heavy atom. The van der Waals surface area contributed by atoms with E-state index in [0.29, 0.717) is 22.7 Å². The summed E-state index contributed by atoms with van der Waals surface area (Å²) in [4.78, 5) is 42.2. The molecule has 2 aliphatic heterocycles. The molecule has 0 aromatic heterocycles. The van der Waals surface area contributed by atoms with Crippen molar-refractivity contribution in [3.05, 3.63) is 34.9 Å². The first-order valence-corrected chi connectivity index (χ1v) is 8.56. The summed E-state index contributed by atoms with van der Waals surface area (Å²) in [6.07, 6.45) is 3.88. The van der Waals surface area contributed by atoms with Gasteiger partial charge in [0.2, 0.25) is 0 Å². The topological polar surface area (TPSA) is 60.9 Å². The molecular weight excluding hydrogens is 306 g/mol. The van der Waals surface area contributed by atoms with Gasteiger partial charge in [0.15, 0.2) is 0 Å². The normalized spacial score (nSPS) is 21.9. The third-order valence-electron chi connectivity index (χ3n) is 5.53. The van der Waals surface area contributed by atoms with E-state index in [1.807, 2.05) is 4.90 Å². The lowest BCUT2D eigenvalue weighted by molar-refractivity contribution is 0.0455. The van der Waals surface area contributed by atoms with Gasteiger partial charge in [0.25, 0.3) is 17.7 Å². The molecule has 0 atom stereocenters. The van der Waals surface area contributed by atoms with Crippen LogP contribution in [0.4, 0.5) is 0 Å². The summed E-state index contributed by atoms with van der Waals surface area (Å²) in [6.45, 7) is 3.28. The van der Waals surface area contributed by atoms with E-state index in [2.05, 4.69) is 4.90 Å². The second kappa shape index (κ2) is 5.70. The van der Waals surface area contributed by atoms with Crippen LogP contribution in [0.3, 0.4) is 0 Å². The van der Waals surface area contributed by atoms with Gasteiger partial charge in [-0.25, -0.2) is 0 Å². The van der Waals surface area contributed by atoms with Gasteiger partial charge in [-0.15, -0.1) is 0 Å². The molecular formula is C18H21N3O3. The van der Waals surface area contributed by atoms with Crippen LogP contribution >= 0.6 is 0 Å². The van der Waals surface area contributed by atoms with Gasteiger partial charge in [-0.05, 0) is 31.0 Å². The van der Waals surface area contributed by atoms with Crippen molar-refractivity contribution in [2.45, 2.75) is 25.3 Å². The van der Waals surface area contributed by atoms with Crippen LogP contribution in [0.15, 0.2) is 18.2 Å². The Kier molecular flexibility index (Phi) is 3.64. The fraction of sp³-hybridized carbons (Fsp3) is 0.500. The first kappa shape index (κ1) is 15.3. The van der Waals surface area contributed by atoms with Gasteiger partial charge in [0, 0.05) is 44.8 Å². The highest BCUT2D eigenvalue weighted by Gasteiger charge is 2.34. The number of carbonyl (C=O) groups is 3. The molecule has 4 rings (SSSR count). The molecule has 1 aromatic carbocycles. The zero-order valence-corrected chi connectivity index (χ0v) is 13.8. The Balaban J connectivity index is 1.48. The van der Waals surface area contributed by atoms with Crippen molar-refractivity contribution in [1.82, 2.24) is 14.7 Å². The van der Waals surface area contributed by atoms with Crippen molar-refractivity contribution >= 4 is 17.7 Å². The second-order valence-corrected chi connectivity index (χ2v) is 6.84. The lowest BCUT2D eigenvalue weighted by atomic mass is 9.91. The second-order valence-electron chi connectivity index (χ2n) is 6.84. The van der Waals surface area contributed by atoms with Crippen molar-refractivity contribution in [1.29, 1.82) is 0 Å². The standard InChI is InChI=1S/C18H21N3O3/c1-19-17(23)14-6-5-12(11-15(14)18(19)24)16(22)21-9-7-20(8-10-21)13-3-2-4-13/h5-6,11,13H,2-4,7-10H2,1H3. The number of benzene rings is 1. The van der Waals surface area contributed by atoms with E-state index in [9.17, 15) is 14.4 Å². The largest absolute Gasteiger partial charge is 0.336 e. The van der Waals surface area contributed by atoms with Gasteiger partial charge in [0.1, 0.15) is 0 Å². The molecule has 3 aliphatic rings. The molecule has 1 aliphatic carbocycles. The van der Waals surface area contributed by atoms with E-state index in [0.717, 1.165) is 31.1 Å². The first-order chi connectivity index (χ1) is 11.6. The maximum atomic E-state index is 12.7. The minimum atomic E-state index is -0.334. The molecule has 126 valence electrons. The van der Waals surface area contributed by atoms with Crippen LogP contribution in [0, 0.1) is 0 Å². The van der Waals surface area contributed by atoms with E-state index >= 15 is 0 Å². The maximum absolute atomic E-state index is 12.7. The number of piperazine rings is 1. The highest BCUT2D eigenvalue weighted by molar-refractivity contribution is 6.21. The van der Waals surface area contributed by atoms with Crippen molar-refractivity contribution in [3.63, 3.8) is 0 Å². The van der Waals surface area contributed by atoms with Crippen LogP contribution in [-0.4, -0.2) is 71.7 Å². The molecule has 1 saturated heterocycles. The molecule has 0 spiro atoms. The summed E-state index contributed by atoms with van der Waals surface area (Å²) in [5.74, 6) is -0.691. The van der Waals surface area contributed by atoms with Crippen molar-refractivity contribution in [2.24, 2.45) is 0 Å². The molecule has 6 heteroatoms. The third-order valence-corrected chi connectivity index (χ3v) is 5.53. The summed E-state index contributed by atoms with van der Waals surface area (Å²) >= 11 is 0. The highest BCUT2D eigenvalue weighted by Crippen LogP contribution is 2.26. The van der Waals surface area contributed by atoms with Crippen molar-refractivity contribution in [2.75, 3.05) is 33.2 Å². The van der Waals surface area contributed by atoms with Crippen LogP contribution in [-0.2, 0) is 0 Å². The summed E-state index contributed by atoms with van der Waals surface area (Å²) in [5.41, 5.74) is 1.21. The summed E-state index contributed by atoms with van der Waals surface area (Å²) in [6, 6.07) is 5.53. The SMILES string of the molecule is CN1C(=O)c2ccc(C(=O)N3CCN(C4CCC4)CC3)cc2C1=O. The summed E-state index contributed by atoms with van der Waals surface area (Å²) in [7, 11) is 1.46. The van der Waals surface area contributed by atoms with E-state index < -0.39 is 0 Å². The summed E-state index contributed by atoms with van der Waals surface area (Å²) in [5, 5.41) is 0. The fourth-order valence-electron chi connectivity index (χ4n) is 3.72. The van der Waals surface area contributed by atoms with Crippen LogP contribution in [0.5, 0.6) is 0 Å². The predicted molar refractivity (Wildman–Crippen MR) is 88.0 cm³/mol. The third kappa shape index (κ3) is 2.33. The molecule has 0 radical (unpaired) electrons. The number of imide groups is 1. The Labute approximate surface area is 141 Å². The first-order valence-electron chi connectivity index (χ1n) is 8.56. The highest BCUT2D eigenvalue weighted by atomic mass is 16.2. The van der Waals surface area contributed by atoms with Crippen LogP contribution in [0.1, 0.15) is 50.3 Å². The van der Waals surface area contributed by atoms with Crippen molar-refractivity contribution < 1.29 is 14.4 Å². The Morgan fingerprint density at radius 2 is 1.67 bits per heavy atom. The smallest absolute Gasteiger partial charge is 0.261 e. The molecule has 2 heterocycles. The molecule has 3 amide bonds. The average Bonchev–Trinajstić information content (AvgIpc) is 2.78. The Morgan fingerprint density at radius 3 is 2.29 bits per heavy atom. The molecule has 2 fully saturated rings. The van der Waals surface area contributed by atoms with Gasteiger partial charge in [0.05, 0.1) is 11.1 Å². The number of fused-ring (bicyclic) bond motifs is 1. The van der Waals surface area contributed by atoms with Gasteiger partial charge in [-0.3, -0.25) is 24.2 Å². The van der Waals surface area contributed by atoms with E-state index in [-0.39, 0.29) is 17.7 Å².